The first-order valence-electron chi connectivity index (χ1n) is 6.35. The number of hydrogen-bond donors (Lipinski definition) is 0. The lowest BCUT2D eigenvalue weighted by atomic mass is 10.0. The number of halogens is 2. The third-order valence-electron chi connectivity index (χ3n) is 3.55. The minimum Gasteiger partial charge on any atom is -0.323 e. The Bertz CT molecular complexity index is 681. The Morgan fingerprint density at radius 2 is 2.15 bits per heavy atom. The van der Waals surface area contributed by atoms with Crippen LogP contribution in [0.5, 0.6) is 0 Å². The number of aromatic nitrogens is 2. The Morgan fingerprint density at radius 3 is 2.85 bits per heavy atom. The van der Waals surface area contributed by atoms with E-state index in [1.807, 2.05) is 11.0 Å². The van der Waals surface area contributed by atoms with Crippen molar-refractivity contribution in [2.45, 2.75) is 12.8 Å². The van der Waals surface area contributed by atoms with E-state index in [4.69, 9.17) is 23.2 Å². The average Bonchev–Trinajstić information content (AvgIpc) is 2.74. The Balaban J connectivity index is 2.12. The second-order valence-electron chi connectivity index (χ2n) is 4.78. The molecule has 1 aliphatic rings. The Morgan fingerprint density at radius 1 is 1.35 bits per heavy atom. The van der Waals surface area contributed by atoms with Crippen LogP contribution in [0.4, 0.5) is 11.5 Å². The van der Waals surface area contributed by atoms with Crippen LogP contribution in [0.25, 0.3) is 0 Å². The standard InChI is InChI=1S/C14H13Cl2N3O/c1-18-13(8-20)10-3-2-6-19(14(10)17-18)12-5-4-9(15)7-11(12)16/h4-5,7-8H,2-3,6H2,1H3. The van der Waals surface area contributed by atoms with E-state index in [0.717, 1.165) is 42.7 Å². The SMILES string of the molecule is Cn1nc2c(c1C=O)CCCN2c1ccc(Cl)cc1Cl. The van der Waals surface area contributed by atoms with Gasteiger partial charge in [-0.15, -0.1) is 0 Å². The van der Waals surface area contributed by atoms with Crippen molar-refractivity contribution < 1.29 is 4.79 Å². The number of fused-ring (bicyclic) bond motifs is 1. The average molecular weight is 310 g/mol. The monoisotopic (exact) mass is 309 g/mol. The zero-order valence-electron chi connectivity index (χ0n) is 10.9. The zero-order chi connectivity index (χ0) is 14.3. The number of aldehydes is 1. The van der Waals surface area contributed by atoms with E-state index in [1.165, 1.54) is 0 Å². The highest BCUT2D eigenvalue weighted by Crippen LogP contribution is 2.38. The molecule has 1 aliphatic heterocycles. The number of benzene rings is 1. The molecule has 0 saturated carbocycles. The Hall–Kier alpha value is -1.52. The highest BCUT2D eigenvalue weighted by atomic mass is 35.5. The van der Waals surface area contributed by atoms with Crippen LogP contribution in [0.2, 0.25) is 10.0 Å². The van der Waals surface area contributed by atoms with Crippen LogP contribution >= 0.6 is 23.2 Å². The number of carbonyl (C=O) groups excluding carboxylic acids is 1. The van der Waals surface area contributed by atoms with Crippen LogP contribution in [-0.4, -0.2) is 22.6 Å². The normalized spacial score (nSPS) is 14.2. The molecule has 20 heavy (non-hydrogen) atoms. The maximum absolute atomic E-state index is 11.2. The molecule has 0 bridgehead atoms. The highest BCUT2D eigenvalue weighted by molar-refractivity contribution is 6.36. The van der Waals surface area contributed by atoms with Crippen molar-refractivity contribution in [3.8, 4) is 0 Å². The van der Waals surface area contributed by atoms with Gasteiger partial charge in [0.2, 0.25) is 0 Å². The molecule has 1 aromatic carbocycles. The van der Waals surface area contributed by atoms with Crippen molar-refractivity contribution in [1.29, 1.82) is 0 Å². The van der Waals surface area contributed by atoms with Gasteiger partial charge in [0, 0.05) is 24.2 Å². The molecule has 0 amide bonds. The van der Waals surface area contributed by atoms with Crippen LogP contribution in [0.3, 0.4) is 0 Å². The van der Waals surface area contributed by atoms with E-state index < -0.39 is 0 Å². The lowest BCUT2D eigenvalue weighted by Crippen LogP contribution is -2.25. The molecule has 3 rings (SSSR count). The quantitative estimate of drug-likeness (QED) is 0.795. The van der Waals surface area contributed by atoms with Gasteiger partial charge in [0.05, 0.1) is 10.7 Å². The molecule has 1 aromatic heterocycles. The maximum atomic E-state index is 11.2. The fraction of sp³-hybridized carbons (Fsp3) is 0.286. The van der Waals surface area contributed by atoms with E-state index in [9.17, 15) is 4.79 Å². The van der Waals surface area contributed by atoms with Crippen molar-refractivity contribution in [2.75, 3.05) is 11.4 Å². The first-order valence-corrected chi connectivity index (χ1v) is 7.11. The zero-order valence-corrected chi connectivity index (χ0v) is 12.4. The Labute approximate surface area is 126 Å². The van der Waals surface area contributed by atoms with Gasteiger partial charge in [0.15, 0.2) is 12.1 Å². The number of rotatable bonds is 2. The molecule has 104 valence electrons. The third-order valence-corrected chi connectivity index (χ3v) is 4.09. The summed E-state index contributed by atoms with van der Waals surface area (Å²) in [7, 11) is 1.78. The van der Waals surface area contributed by atoms with Crippen LogP contribution in [-0.2, 0) is 13.5 Å². The van der Waals surface area contributed by atoms with Gasteiger partial charge in [-0.3, -0.25) is 9.48 Å². The second kappa shape index (κ2) is 5.11. The molecule has 0 spiro atoms. The van der Waals surface area contributed by atoms with E-state index >= 15 is 0 Å². The number of carbonyl (C=O) groups is 1. The molecule has 2 heterocycles. The molecule has 2 aromatic rings. The largest absolute Gasteiger partial charge is 0.323 e. The summed E-state index contributed by atoms with van der Waals surface area (Å²) in [5, 5.41) is 5.65. The summed E-state index contributed by atoms with van der Waals surface area (Å²) in [6.45, 7) is 0.823. The van der Waals surface area contributed by atoms with Gasteiger partial charge in [-0.1, -0.05) is 23.2 Å². The molecule has 0 saturated heterocycles. The Kier molecular flexibility index (Phi) is 3.44. The molecule has 0 N–H and O–H groups in total. The van der Waals surface area contributed by atoms with Crippen LogP contribution in [0, 0.1) is 0 Å². The van der Waals surface area contributed by atoms with E-state index in [2.05, 4.69) is 5.10 Å². The van der Waals surface area contributed by atoms with Gasteiger partial charge >= 0.3 is 0 Å². The van der Waals surface area contributed by atoms with Crippen LogP contribution in [0.1, 0.15) is 22.5 Å². The molecule has 0 atom stereocenters. The maximum Gasteiger partial charge on any atom is 0.168 e. The first kappa shape index (κ1) is 13.5. The fourth-order valence-corrected chi connectivity index (χ4v) is 3.14. The summed E-state index contributed by atoms with van der Waals surface area (Å²) in [6.07, 6.45) is 2.68. The van der Waals surface area contributed by atoms with Gasteiger partial charge < -0.3 is 4.90 Å². The van der Waals surface area contributed by atoms with E-state index in [0.29, 0.717) is 15.7 Å². The third kappa shape index (κ3) is 2.09. The molecule has 0 unspecified atom stereocenters. The van der Waals surface area contributed by atoms with Crippen molar-refractivity contribution in [2.24, 2.45) is 7.05 Å². The lowest BCUT2D eigenvalue weighted by Gasteiger charge is -2.28. The van der Waals surface area contributed by atoms with Crippen molar-refractivity contribution in [3.63, 3.8) is 0 Å². The lowest BCUT2D eigenvalue weighted by molar-refractivity contribution is 0.111. The summed E-state index contributed by atoms with van der Waals surface area (Å²) in [5.74, 6) is 0.810. The number of aryl methyl sites for hydroxylation is 1. The predicted octanol–water partition coefficient (Wildman–Crippen LogP) is 3.62. The summed E-state index contributed by atoms with van der Waals surface area (Å²) >= 11 is 12.2. The molecule has 0 radical (unpaired) electrons. The minimum atomic E-state index is 0.587. The molecule has 4 nitrogen and oxygen atoms in total. The minimum absolute atomic E-state index is 0.587. The molecule has 6 heteroatoms. The van der Waals surface area contributed by atoms with Crippen molar-refractivity contribution in [1.82, 2.24) is 9.78 Å². The number of anilines is 2. The van der Waals surface area contributed by atoms with Gasteiger partial charge in [0.1, 0.15) is 5.69 Å². The predicted molar refractivity (Wildman–Crippen MR) is 80.4 cm³/mol. The van der Waals surface area contributed by atoms with Gasteiger partial charge in [-0.05, 0) is 31.0 Å². The number of nitrogens with zero attached hydrogens (tertiary/aromatic N) is 3. The van der Waals surface area contributed by atoms with E-state index in [-0.39, 0.29) is 0 Å². The smallest absolute Gasteiger partial charge is 0.168 e. The fourth-order valence-electron chi connectivity index (χ4n) is 2.62. The summed E-state index contributed by atoms with van der Waals surface area (Å²) < 4.78 is 1.62. The van der Waals surface area contributed by atoms with Gasteiger partial charge in [0.25, 0.3) is 0 Å². The summed E-state index contributed by atoms with van der Waals surface area (Å²) in [6, 6.07) is 5.41. The van der Waals surface area contributed by atoms with Crippen LogP contribution < -0.4 is 4.90 Å². The highest BCUT2D eigenvalue weighted by Gasteiger charge is 2.26. The molecular formula is C14H13Cl2N3O. The molecular weight excluding hydrogens is 297 g/mol. The molecule has 0 fully saturated rings. The van der Waals surface area contributed by atoms with Gasteiger partial charge in [-0.25, -0.2) is 0 Å². The van der Waals surface area contributed by atoms with Crippen LogP contribution in [0.15, 0.2) is 18.2 Å². The second-order valence-corrected chi connectivity index (χ2v) is 5.62. The topological polar surface area (TPSA) is 38.1 Å². The van der Waals surface area contributed by atoms with Crippen molar-refractivity contribution in [3.05, 3.63) is 39.5 Å². The molecule has 0 aliphatic carbocycles. The summed E-state index contributed by atoms with van der Waals surface area (Å²) in [5.41, 5.74) is 2.49. The van der Waals surface area contributed by atoms with Crippen molar-refractivity contribution >= 4 is 41.0 Å². The number of hydrogen-bond acceptors (Lipinski definition) is 3. The first-order chi connectivity index (χ1) is 9.61. The van der Waals surface area contributed by atoms with E-state index in [1.54, 1.807) is 23.9 Å². The van der Waals surface area contributed by atoms with Gasteiger partial charge in [-0.2, -0.15) is 5.10 Å². The summed E-state index contributed by atoms with van der Waals surface area (Å²) in [4.78, 5) is 13.2.